The standard InChI is InChI=1S/C23H29ClO5S/c1-13(2)16-11-18(14(3)4)22(19(12-16)15(5)6)30(27,28)29-21(23(25)26)17-9-7-8-10-20(17)24/h7-15,21H,1-6H3,(H,25,26). The minimum Gasteiger partial charge on any atom is -0.479 e. The molecule has 1 N–H and O–H groups in total. The molecular formula is C23H29ClO5S. The summed E-state index contributed by atoms with van der Waals surface area (Å²) in [5.74, 6) is -1.41. The average Bonchev–Trinajstić information content (AvgIpc) is 2.65. The molecule has 1 atom stereocenters. The average molecular weight is 453 g/mol. The van der Waals surface area contributed by atoms with Gasteiger partial charge in [-0.3, -0.25) is 0 Å². The van der Waals surface area contributed by atoms with Crippen LogP contribution in [0.5, 0.6) is 0 Å². The molecule has 0 radical (unpaired) electrons. The summed E-state index contributed by atoms with van der Waals surface area (Å²) < 4.78 is 32.2. The highest BCUT2D eigenvalue weighted by molar-refractivity contribution is 7.87. The third kappa shape index (κ3) is 5.23. The Bertz CT molecular complexity index is 997. The van der Waals surface area contributed by atoms with Gasteiger partial charge in [-0.15, -0.1) is 0 Å². The van der Waals surface area contributed by atoms with Crippen LogP contribution in [0.2, 0.25) is 5.02 Å². The van der Waals surface area contributed by atoms with Crippen LogP contribution in [0.15, 0.2) is 41.3 Å². The van der Waals surface area contributed by atoms with E-state index in [4.69, 9.17) is 15.8 Å². The number of halogens is 1. The number of carbonyl (C=O) groups is 1. The molecule has 0 amide bonds. The van der Waals surface area contributed by atoms with Crippen LogP contribution in [-0.2, 0) is 19.1 Å². The largest absolute Gasteiger partial charge is 0.479 e. The summed E-state index contributed by atoms with van der Waals surface area (Å²) in [7, 11) is -4.40. The molecule has 0 aliphatic carbocycles. The van der Waals surface area contributed by atoms with Crippen molar-refractivity contribution in [2.24, 2.45) is 0 Å². The van der Waals surface area contributed by atoms with Crippen molar-refractivity contribution in [3.05, 3.63) is 63.7 Å². The van der Waals surface area contributed by atoms with Gasteiger partial charge in [0.1, 0.15) is 4.90 Å². The molecule has 1 unspecified atom stereocenters. The minimum absolute atomic E-state index is 0.0511. The molecule has 2 aromatic rings. The summed E-state index contributed by atoms with van der Waals surface area (Å²) in [5.41, 5.74) is 2.36. The third-order valence-electron chi connectivity index (χ3n) is 4.96. The summed E-state index contributed by atoms with van der Waals surface area (Å²) in [4.78, 5) is 11.9. The second kappa shape index (κ2) is 9.50. The second-order valence-corrected chi connectivity index (χ2v) is 10.2. The summed E-state index contributed by atoms with van der Waals surface area (Å²) in [6, 6.07) is 9.93. The fourth-order valence-electron chi connectivity index (χ4n) is 3.27. The van der Waals surface area contributed by atoms with Crippen molar-refractivity contribution in [3.63, 3.8) is 0 Å². The highest BCUT2D eigenvalue weighted by atomic mass is 35.5. The van der Waals surface area contributed by atoms with E-state index in [0.29, 0.717) is 11.1 Å². The molecule has 2 aromatic carbocycles. The first-order chi connectivity index (χ1) is 13.9. The van der Waals surface area contributed by atoms with Gasteiger partial charge in [-0.2, -0.15) is 8.42 Å². The van der Waals surface area contributed by atoms with Gasteiger partial charge in [0.05, 0.1) is 0 Å². The third-order valence-corrected chi connectivity index (χ3v) is 6.73. The second-order valence-electron chi connectivity index (χ2n) is 8.28. The number of carboxylic acid groups (broad SMARTS) is 1. The van der Waals surface area contributed by atoms with E-state index in [0.717, 1.165) is 5.56 Å². The highest BCUT2D eigenvalue weighted by Crippen LogP contribution is 2.38. The lowest BCUT2D eigenvalue weighted by Crippen LogP contribution is -2.22. The smallest absolute Gasteiger partial charge is 0.339 e. The van der Waals surface area contributed by atoms with E-state index >= 15 is 0 Å². The van der Waals surface area contributed by atoms with Crippen LogP contribution in [0.25, 0.3) is 0 Å². The molecule has 0 aliphatic rings. The van der Waals surface area contributed by atoms with Crippen LogP contribution in [-0.4, -0.2) is 19.5 Å². The predicted octanol–water partition coefficient (Wildman–Crippen LogP) is 6.24. The van der Waals surface area contributed by atoms with E-state index in [9.17, 15) is 18.3 Å². The van der Waals surface area contributed by atoms with Crippen LogP contribution in [0.3, 0.4) is 0 Å². The molecule has 30 heavy (non-hydrogen) atoms. The number of carboxylic acids is 1. The Morgan fingerprint density at radius 1 is 0.900 bits per heavy atom. The van der Waals surface area contributed by atoms with Gasteiger partial charge in [-0.25, -0.2) is 8.98 Å². The zero-order valence-electron chi connectivity index (χ0n) is 18.1. The Morgan fingerprint density at radius 3 is 1.80 bits per heavy atom. The SMILES string of the molecule is CC(C)c1cc(C(C)C)c(S(=O)(=O)OC(C(=O)O)c2ccccc2Cl)c(C(C)C)c1. The van der Waals surface area contributed by atoms with E-state index < -0.39 is 22.2 Å². The molecule has 2 rings (SSSR count). The molecule has 0 fully saturated rings. The first kappa shape index (κ1) is 24.4. The topological polar surface area (TPSA) is 80.7 Å². The summed E-state index contributed by atoms with van der Waals surface area (Å²) in [6.07, 6.45) is -1.74. The number of hydrogen-bond acceptors (Lipinski definition) is 4. The molecule has 164 valence electrons. The molecule has 0 spiro atoms. The Morgan fingerprint density at radius 2 is 1.40 bits per heavy atom. The van der Waals surface area contributed by atoms with Gasteiger partial charge in [0.2, 0.25) is 6.10 Å². The molecule has 0 bridgehead atoms. The van der Waals surface area contributed by atoms with Crippen molar-refractivity contribution in [3.8, 4) is 0 Å². The maximum atomic E-state index is 13.4. The lowest BCUT2D eigenvalue weighted by Gasteiger charge is -2.24. The van der Waals surface area contributed by atoms with E-state index in [1.165, 1.54) is 12.1 Å². The Kier molecular flexibility index (Phi) is 7.72. The molecule has 0 heterocycles. The van der Waals surface area contributed by atoms with Crippen LogP contribution in [0, 0.1) is 0 Å². The van der Waals surface area contributed by atoms with Crippen LogP contribution in [0.1, 0.15) is 87.7 Å². The van der Waals surface area contributed by atoms with Crippen molar-refractivity contribution < 1.29 is 22.5 Å². The van der Waals surface area contributed by atoms with Gasteiger partial charge in [0.25, 0.3) is 10.1 Å². The number of hydrogen-bond donors (Lipinski definition) is 1. The molecule has 0 aliphatic heterocycles. The summed E-state index contributed by atoms with van der Waals surface area (Å²) in [6.45, 7) is 11.7. The van der Waals surface area contributed by atoms with Crippen LogP contribution >= 0.6 is 11.6 Å². The van der Waals surface area contributed by atoms with E-state index in [1.807, 2.05) is 53.7 Å². The Labute approximate surface area is 184 Å². The summed E-state index contributed by atoms with van der Waals surface area (Å²) in [5, 5.41) is 9.82. The zero-order chi connectivity index (χ0) is 22.8. The van der Waals surface area contributed by atoms with Crippen LogP contribution < -0.4 is 0 Å². The molecule has 0 saturated heterocycles. The van der Waals surface area contributed by atoms with Crippen LogP contribution in [0.4, 0.5) is 0 Å². The first-order valence-electron chi connectivity index (χ1n) is 9.95. The van der Waals surface area contributed by atoms with Gasteiger partial charge in [-0.05, 0) is 40.5 Å². The molecule has 5 nitrogen and oxygen atoms in total. The highest BCUT2D eigenvalue weighted by Gasteiger charge is 2.34. The van der Waals surface area contributed by atoms with Gasteiger partial charge in [0.15, 0.2) is 0 Å². The zero-order valence-corrected chi connectivity index (χ0v) is 19.7. The van der Waals surface area contributed by atoms with Crippen molar-refractivity contribution in [2.75, 3.05) is 0 Å². The predicted molar refractivity (Wildman–Crippen MR) is 119 cm³/mol. The lowest BCUT2D eigenvalue weighted by atomic mass is 9.89. The fourth-order valence-corrected chi connectivity index (χ4v) is 5.20. The van der Waals surface area contributed by atoms with Gasteiger partial charge < -0.3 is 5.11 Å². The van der Waals surface area contributed by atoms with Crippen molar-refractivity contribution in [1.82, 2.24) is 0 Å². The fraction of sp³-hybridized carbons (Fsp3) is 0.435. The number of aliphatic carboxylic acids is 1. The minimum atomic E-state index is -4.40. The van der Waals surface area contributed by atoms with Crippen molar-refractivity contribution in [1.29, 1.82) is 0 Å². The van der Waals surface area contributed by atoms with E-state index in [-0.39, 0.29) is 33.2 Å². The quantitative estimate of drug-likeness (QED) is 0.479. The summed E-state index contributed by atoms with van der Waals surface area (Å²) >= 11 is 6.12. The van der Waals surface area contributed by atoms with E-state index in [2.05, 4.69) is 0 Å². The number of benzene rings is 2. The van der Waals surface area contributed by atoms with Gasteiger partial charge >= 0.3 is 5.97 Å². The monoisotopic (exact) mass is 452 g/mol. The van der Waals surface area contributed by atoms with Crippen molar-refractivity contribution >= 4 is 27.7 Å². The maximum absolute atomic E-state index is 13.4. The number of rotatable bonds is 8. The first-order valence-corrected chi connectivity index (χ1v) is 11.7. The van der Waals surface area contributed by atoms with Gasteiger partial charge in [0, 0.05) is 10.6 Å². The Balaban J connectivity index is 2.71. The molecule has 0 aromatic heterocycles. The maximum Gasteiger partial charge on any atom is 0.339 e. The van der Waals surface area contributed by atoms with Crippen molar-refractivity contribution in [2.45, 2.75) is 70.3 Å². The lowest BCUT2D eigenvalue weighted by molar-refractivity contribution is -0.145. The van der Waals surface area contributed by atoms with Gasteiger partial charge in [-0.1, -0.05) is 83.5 Å². The molecule has 0 saturated carbocycles. The van der Waals surface area contributed by atoms with E-state index in [1.54, 1.807) is 12.1 Å². The molecule has 7 heteroatoms. The Hall–Kier alpha value is -1.89. The molecular weight excluding hydrogens is 424 g/mol. The normalized spacial score (nSPS) is 13.3.